The summed E-state index contributed by atoms with van der Waals surface area (Å²) in [5.74, 6) is -2.15. The first-order valence-electron chi connectivity index (χ1n) is 12.9. The van der Waals surface area contributed by atoms with Crippen LogP contribution >= 0.6 is 0 Å². The first-order chi connectivity index (χ1) is 19.2. The fourth-order valence-electron chi connectivity index (χ4n) is 4.98. The summed E-state index contributed by atoms with van der Waals surface area (Å²) < 4.78 is 28.8. The standard InChI is InChI=1S/C31H32O9/c1-20(32)37-27-26(40-30(35)29(39-22(3)34)28(27)38-21(2)33)19-36-31(23-13-7-4-8-14-23,24-15-9-5-10-16-24)25-17-11-6-12-18-25/h4-18,26-30,35H,19H2,1-3H3/t26-,27+,28+,29-,30?/m1/s1. The summed E-state index contributed by atoms with van der Waals surface area (Å²) in [7, 11) is 0. The summed E-state index contributed by atoms with van der Waals surface area (Å²) in [5, 5.41) is 10.8. The van der Waals surface area contributed by atoms with Gasteiger partial charge in [-0.2, -0.15) is 0 Å². The van der Waals surface area contributed by atoms with Crippen LogP contribution in [0, 0.1) is 0 Å². The maximum Gasteiger partial charge on any atom is 0.303 e. The molecule has 9 heteroatoms. The van der Waals surface area contributed by atoms with E-state index in [2.05, 4.69) is 0 Å². The van der Waals surface area contributed by atoms with Crippen LogP contribution in [0.15, 0.2) is 91.0 Å². The number of ether oxygens (including phenoxy) is 5. The zero-order chi connectivity index (χ0) is 28.7. The van der Waals surface area contributed by atoms with Crippen molar-refractivity contribution in [2.45, 2.75) is 57.1 Å². The summed E-state index contributed by atoms with van der Waals surface area (Å²) in [6.45, 7) is 3.28. The lowest BCUT2D eigenvalue weighted by Gasteiger charge is -2.44. The van der Waals surface area contributed by atoms with Gasteiger partial charge in [0.1, 0.15) is 11.7 Å². The Morgan fingerprint density at radius 3 is 1.43 bits per heavy atom. The Morgan fingerprint density at radius 1 is 0.650 bits per heavy atom. The molecule has 0 amide bonds. The maximum atomic E-state index is 12.1. The van der Waals surface area contributed by atoms with Gasteiger partial charge in [0.25, 0.3) is 0 Å². The normalized spacial score (nSPS) is 22.6. The van der Waals surface area contributed by atoms with Crippen molar-refractivity contribution in [1.82, 2.24) is 0 Å². The van der Waals surface area contributed by atoms with E-state index in [4.69, 9.17) is 23.7 Å². The van der Waals surface area contributed by atoms with Crippen molar-refractivity contribution in [3.05, 3.63) is 108 Å². The molecule has 1 N–H and O–H groups in total. The number of carbonyl (C=O) groups excluding carboxylic acids is 3. The minimum Gasteiger partial charge on any atom is -0.456 e. The number of rotatable bonds is 9. The first-order valence-corrected chi connectivity index (χ1v) is 12.9. The van der Waals surface area contributed by atoms with Crippen molar-refractivity contribution in [2.75, 3.05) is 6.61 Å². The third kappa shape index (κ3) is 6.39. The molecular formula is C31H32O9. The summed E-state index contributed by atoms with van der Waals surface area (Å²) in [6.07, 6.45) is -6.82. The Balaban J connectivity index is 1.79. The number of carbonyl (C=O) groups is 3. The summed E-state index contributed by atoms with van der Waals surface area (Å²) in [4.78, 5) is 35.9. The molecule has 40 heavy (non-hydrogen) atoms. The summed E-state index contributed by atoms with van der Waals surface area (Å²) >= 11 is 0. The molecule has 0 aromatic heterocycles. The van der Waals surface area contributed by atoms with Gasteiger partial charge in [0, 0.05) is 20.8 Å². The molecule has 1 heterocycles. The lowest BCUT2D eigenvalue weighted by Crippen LogP contribution is -2.62. The number of hydrogen-bond acceptors (Lipinski definition) is 9. The highest BCUT2D eigenvalue weighted by atomic mass is 16.7. The van der Waals surface area contributed by atoms with E-state index in [1.807, 2.05) is 91.0 Å². The van der Waals surface area contributed by atoms with Crippen LogP contribution in [0.1, 0.15) is 37.5 Å². The predicted molar refractivity (Wildman–Crippen MR) is 143 cm³/mol. The number of benzene rings is 3. The number of aliphatic hydroxyl groups excluding tert-OH is 1. The second kappa shape index (κ2) is 12.9. The Morgan fingerprint density at radius 2 is 1.02 bits per heavy atom. The Labute approximate surface area is 232 Å². The van der Waals surface area contributed by atoms with E-state index in [0.29, 0.717) is 0 Å². The van der Waals surface area contributed by atoms with E-state index in [0.717, 1.165) is 30.5 Å². The van der Waals surface area contributed by atoms with Gasteiger partial charge in [0.2, 0.25) is 0 Å². The van der Waals surface area contributed by atoms with Gasteiger partial charge in [0.15, 0.2) is 24.6 Å². The van der Waals surface area contributed by atoms with Gasteiger partial charge in [0.05, 0.1) is 6.61 Å². The van der Waals surface area contributed by atoms with Crippen molar-refractivity contribution in [1.29, 1.82) is 0 Å². The lowest BCUT2D eigenvalue weighted by molar-refractivity contribution is -0.299. The van der Waals surface area contributed by atoms with Crippen LogP contribution in [0.3, 0.4) is 0 Å². The largest absolute Gasteiger partial charge is 0.456 e. The van der Waals surface area contributed by atoms with E-state index in [1.54, 1.807) is 0 Å². The van der Waals surface area contributed by atoms with Crippen molar-refractivity contribution < 1.29 is 43.2 Å². The molecule has 0 saturated carbocycles. The van der Waals surface area contributed by atoms with Crippen LogP contribution in [-0.4, -0.2) is 60.3 Å². The van der Waals surface area contributed by atoms with E-state index in [9.17, 15) is 19.5 Å². The molecule has 4 rings (SSSR count). The van der Waals surface area contributed by atoms with Crippen molar-refractivity contribution >= 4 is 17.9 Å². The summed E-state index contributed by atoms with van der Waals surface area (Å²) in [5.41, 5.74) is 1.33. The molecule has 1 fully saturated rings. The molecule has 1 saturated heterocycles. The van der Waals surface area contributed by atoms with Crippen molar-refractivity contribution in [2.24, 2.45) is 0 Å². The fourth-order valence-corrected chi connectivity index (χ4v) is 4.98. The topological polar surface area (TPSA) is 118 Å². The molecule has 0 bridgehead atoms. The lowest BCUT2D eigenvalue weighted by atomic mass is 9.80. The minimum absolute atomic E-state index is 0.210. The molecule has 5 atom stereocenters. The Bertz CT molecular complexity index is 1180. The highest BCUT2D eigenvalue weighted by molar-refractivity contribution is 5.68. The monoisotopic (exact) mass is 548 g/mol. The van der Waals surface area contributed by atoms with Crippen LogP contribution in [0.25, 0.3) is 0 Å². The van der Waals surface area contributed by atoms with Crippen molar-refractivity contribution in [3.8, 4) is 0 Å². The third-order valence-electron chi connectivity index (χ3n) is 6.52. The third-order valence-corrected chi connectivity index (χ3v) is 6.52. The highest BCUT2D eigenvalue weighted by Gasteiger charge is 2.52. The number of esters is 3. The molecule has 210 valence electrons. The molecule has 0 spiro atoms. The van der Waals surface area contributed by atoms with Crippen LogP contribution < -0.4 is 0 Å². The number of aliphatic hydroxyl groups is 1. The van der Waals surface area contributed by atoms with Gasteiger partial charge in [-0.1, -0.05) is 91.0 Å². The average Bonchev–Trinajstić information content (AvgIpc) is 2.94. The second-order valence-corrected chi connectivity index (χ2v) is 9.38. The molecule has 0 radical (unpaired) electrons. The van der Waals surface area contributed by atoms with E-state index in [-0.39, 0.29) is 6.61 Å². The molecule has 9 nitrogen and oxygen atoms in total. The molecule has 3 aromatic rings. The van der Waals surface area contributed by atoms with Crippen molar-refractivity contribution in [3.63, 3.8) is 0 Å². The van der Waals surface area contributed by atoms with E-state index >= 15 is 0 Å². The zero-order valence-corrected chi connectivity index (χ0v) is 22.5. The quantitative estimate of drug-likeness (QED) is 0.244. The number of hydrogen-bond donors (Lipinski definition) is 1. The van der Waals surface area contributed by atoms with Gasteiger partial charge in [-0.15, -0.1) is 0 Å². The molecule has 1 aliphatic heterocycles. The van der Waals surface area contributed by atoms with Gasteiger partial charge in [-0.05, 0) is 16.7 Å². The van der Waals surface area contributed by atoms with Crippen LogP contribution in [-0.2, 0) is 43.7 Å². The van der Waals surface area contributed by atoms with Gasteiger partial charge < -0.3 is 28.8 Å². The zero-order valence-electron chi connectivity index (χ0n) is 22.5. The Hall–Kier alpha value is -4.05. The van der Waals surface area contributed by atoms with Gasteiger partial charge >= 0.3 is 17.9 Å². The van der Waals surface area contributed by atoms with Crippen LogP contribution in [0.2, 0.25) is 0 Å². The van der Waals surface area contributed by atoms with Gasteiger partial charge in [-0.3, -0.25) is 14.4 Å². The SMILES string of the molecule is CC(=O)O[C@@H]1[C@H](OC(C)=O)[C@@H](OC(C)=O)C(O)O[C@@H]1COC(c1ccccc1)(c1ccccc1)c1ccccc1. The predicted octanol–water partition coefficient (Wildman–Crippen LogP) is 3.51. The smallest absolute Gasteiger partial charge is 0.303 e. The van der Waals surface area contributed by atoms with Crippen LogP contribution in [0.4, 0.5) is 0 Å². The summed E-state index contributed by atoms with van der Waals surface area (Å²) in [6, 6.07) is 28.8. The van der Waals surface area contributed by atoms with Crippen LogP contribution in [0.5, 0.6) is 0 Å². The molecule has 1 aliphatic rings. The fraction of sp³-hybridized carbons (Fsp3) is 0.323. The average molecular weight is 549 g/mol. The first kappa shape index (κ1) is 28.9. The molecule has 1 unspecified atom stereocenters. The molecule has 3 aromatic carbocycles. The highest BCUT2D eigenvalue weighted by Crippen LogP contribution is 2.41. The Kier molecular flexibility index (Phi) is 9.31. The van der Waals surface area contributed by atoms with Gasteiger partial charge in [-0.25, -0.2) is 0 Å². The second-order valence-electron chi connectivity index (χ2n) is 9.38. The minimum atomic E-state index is -1.69. The molecule has 0 aliphatic carbocycles. The maximum absolute atomic E-state index is 12.1. The molecular weight excluding hydrogens is 516 g/mol. The van der Waals surface area contributed by atoms with E-state index < -0.39 is 54.2 Å². The van der Waals surface area contributed by atoms with E-state index in [1.165, 1.54) is 6.92 Å².